The predicted molar refractivity (Wildman–Crippen MR) is 70.6 cm³/mol. The molecular formula is C13H14FN3O3. The first-order chi connectivity index (χ1) is 9.61. The third kappa shape index (κ3) is 1.82. The number of aromatic nitrogens is 2. The number of nitrogens with zero attached hydrogens (tertiary/aromatic N) is 2. The molecule has 2 heterocycles. The molecule has 2 aromatic rings. The van der Waals surface area contributed by atoms with Crippen molar-refractivity contribution in [3.05, 3.63) is 17.9 Å². The van der Waals surface area contributed by atoms with Crippen LogP contribution in [-0.2, 0) is 7.05 Å². The molecule has 7 heteroatoms. The van der Waals surface area contributed by atoms with E-state index in [2.05, 4.69) is 5.10 Å². The fourth-order valence-electron chi connectivity index (χ4n) is 2.12. The van der Waals surface area contributed by atoms with Gasteiger partial charge in [-0.15, -0.1) is 0 Å². The molecule has 0 fully saturated rings. The highest BCUT2D eigenvalue weighted by atomic mass is 19.1. The second-order valence-corrected chi connectivity index (χ2v) is 4.37. The Morgan fingerprint density at radius 1 is 1.35 bits per heavy atom. The Morgan fingerprint density at radius 3 is 2.75 bits per heavy atom. The van der Waals surface area contributed by atoms with E-state index in [-0.39, 0.29) is 11.3 Å². The van der Waals surface area contributed by atoms with Crippen molar-refractivity contribution in [2.24, 2.45) is 7.05 Å². The molecule has 1 aromatic carbocycles. The van der Waals surface area contributed by atoms with Gasteiger partial charge < -0.3 is 19.9 Å². The largest absolute Gasteiger partial charge is 0.494 e. The van der Waals surface area contributed by atoms with E-state index in [9.17, 15) is 4.39 Å². The summed E-state index contributed by atoms with van der Waals surface area (Å²) in [7, 11) is 3.08. The quantitative estimate of drug-likeness (QED) is 0.903. The normalized spacial score (nSPS) is 13.3. The summed E-state index contributed by atoms with van der Waals surface area (Å²) < 4.78 is 32.0. The van der Waals surface area contributed by atoms with Gasteiger partial charge in [0.05, 0.1) is 12.7 Å². The van der Waals surface area contributed by atoms with Crippen molar-refractivity contribution in [2.45, 2.75) is 0 Å². The van der Waals surface area contributed by atoms with E-state index in [0.29, 0.717) is 36.2 Å². The maximum Gasteiger partial charge on any atom is 0.178 e. The van der Waals surface area contributed by atoms with Crippen LogP contribution in [0.3, 0.4) is 0 Å². The van der Waals surface area contributed by atoms with E-state index in [1.54, 1.807) is 13.1 Å². The van der Waals surface area contributed by atoms with E-state index in [0.717, 1.165) is 0 Å². The zero-order chi connectivity index (χ0) is 14.3. The molecule has 1 aliphatic rings. The van der Waals surface area contributed by atoms with Gasteiger partial charge in [-0.1, -0.05) is 0 Å². The second-order valence-electron chi connectivity index (χ2n) is 4.37. The molecule has 106 valence electrons. The second kappa shape index (κ2) is 4.59. The monoisotopic (exact) mass is 279 g/mol. The topological polar surface area (TPSA) is 71.5 Å². The third-order valence-electron chi connectivity index (χ3n) is 3.13. The zero-order valence-electron chi connectivity index (χ0n) is 11.1. The summed E-state index contributed by atoms with van der Waals surface area (Å²) in [5, 5.41) is 4.19. The van der Waals surface area contributed by atoms with Crippen molar-refractivity contribution in [3.63, 3.8) is 0 Å². The van der Waals surface area contributed by atoms with Crippen LogP contribution in [0.1, 0.15) is 0 Å². The number of halogens is 1. The van der Waals surface area contributed by atoms with E-state index in [4.69, 9.17) is 19.9 Å². The third-order valence-corrected chi connectivity index (χ3v) is 3.13. The van der Waals surface area contributed by atoms with Gasteiger partial charge in [0.2, 0.25) is 0 Å². The molecule has 3 rings (SSSR count). The van der Waals surface area contributed by atoms with Gasteiger partial charge in [0.25, 0.3) is 0 Å². The summed E-state index contributed by atoms with van der Waals surface area (Å²) in [5.41, 5.74) is 6.33. The number of hydrogen-bond donors (Lipinski definition) is 1. The summed E-state index contributed by atoms with van der Waals surface area (Å²) in [6.45, 7) is 0.764. The van der Waals surface area contributed by atoms with Crippen molar-refractivity contribution in [3.8, 4) is 28.5 Å². The summed E-state index contributed by atoms with van der Waals surface area (Å²) >= 11 is 0. The molecule has 0 atom stereocenters. The number of nitrogens with two attached hydrogens (primary N) is 1. The lowest BCUT2D eigenvalue weighted by molar-refractivity contribution is 0.170. The smallest absolute Gasteiger partial charge is 0.178 e. The Morgan fingerprint density at radius 2 is 2.10 bits per heavy atom. The van der Waals surface area contributed by atoms with Gasteiger partial charge in [-0.25, -0.2) is 4.39 Å². The van der Waals surface area contributed by atoms with Crippen LogP contribution in [0.4, 0.5) is 10.2 Å². The Labute approximate surface area is 114 Å². The molecule has 0 unspecified atom stereocenters. The average Bonchev–Trinajstić information content (AvgIpc) is 2.77. The summed E-state index contributed by atoms with van der Waals surface area (Å²) in [5.74, 6) is 0.720. The van der Waals surface area contributed by atoms with E-state index in [1.807, 2.05) is 0 Å². The minimum atomic E-state index is -0.546. The molecule has 20 heavy (non-hydrogen) atoms. The number of anilines is 1. The van der Waals surface area contributed by atoms with Gasteiger partial charge in [-0.05, 0) is 0 Å². The summed E-state index contributed by atoms with van der Waals surface area (Å²) in [6.07, 6.45) is 0. The molecule has 0 radical (unpaired) electrons. The van der Waals surface area contributed by atoms with Crippen molar-refractivity contribution >= 4 is 5.82 Å². The van der Waals surface area contributed by atoms with Crippen molar-refractivity contribution in [2.75, 3.05) is 26.1 Å². The number of benzene rings is 1. The molecule has 1 aliphatic heterocycles. The molecule has 6 nitrogen and oxygen atoms in total. The van der Waals surface area contributed by atoms with Gasteiger partial charge in [-0.2, -0.15) is 5.10 Å². The zero-order valence-corrected chi connectivity index (χ0v) is 11.1. The molecule has 0 bridgehead atoms. The molecule has 0 aliphatic carbocycles. The van der Waals surface area contributed by atoms with E-state index < -0.39 is 5.82 Å². The molecular weight excluding hydrogens is 265 g/mol. The SMILES string of the molecule is COc1cc2c(c(-c3cc(N)n(C)n3)c1F)OCCO2. The molecule has 0 saturated heterocycles. The molecule has 0 amide bonds. The minimum absolute atomic E-state index is 0.0773. The minimum Gasteiger partial charge on any atom is -0.494 e. The van der Waals surface area contributed by atoms with Crippen LogP contribution in [0.2, 0.25) is 0 Å². The summed E-state index contributed by atoms with van der Waals surface area (Å²) in [6, 6.07) is 3.05. The van der Waals surface area contributed by atoms with Crippen LogP contribution in [0.15, 0.2) is 12.1 Å². The highest BCUT2D eigenvalue weighted by molar-refractivity contribution is 5.75. The van der Waals surface area contributed by atoms with Crippen LogP contribution in [0.5, 0.6) is 17.2 Å². The highest BCUT2D eigenvalue weighted by Crippen LogP contribution is 2.45. The fraction of sp³-hybridized carbons (Fsp3) is 0.308. The Bertz CT molecular complexity index is 650. The fourth-order valence-corrected chi connectivity index (χ4v) is 2.12. The first kappa shape index (κ1) is 12.6. The van der Waals surface area contributed by atoms with Crippen LogP contribution in [0.25, 0.3) is 11.3 Å². The van der Waals surface area contributed by atoms with Crippen molar-refractivity contribution < 1.29 is 18.6 Å². The average molecular weight is 279 g/mol. The maximum atomic E-state index is 14.5. The number of methoxy groups -OCH3 is 1. The molecule has 1 aromatic heterocycles. The van der Waals surface area contributed by atoms with E-state index >= 15 is 0 Å². The number of hydrogen-bond acceptors (Lipinski definition) is 5. The van der Waals surface area contributed by atoms with Gasteiger partial charge >= 0.3 is 0 Å². The highest BCUT2D eigenvalue weighted by Gasteiger charge is 2.26. The number of fused-ring (bicyclic) bond motifs is 1. The molecule has 0 spiro atoms. The number of rotatable bonds is 2. The summed E-state index contributed by atoms with van der Waals surface area (Å²) in [4.78, 5) is 0. The Hall–Kier alpha value is -2.44. The van der Waals surface area contributed by atoms with Gasteiger partial charge in [0, 0.05) is 19.2 Å². The van der Waals surface area contributed by atoms with E-state index in [1.165, 1.54) is 17.9 Å². The van der Waals surface area contributed by atoms with Crippen LogP contribution in [-0.4, -0.2) is 30.1 Å². The van der Waals surface area contributed by atoms with Gasteiger partial charge in [-0.3, -0.25) is 4.68 Å². The number of ether oxygens (including phenoxy) is 3. The lowest BCUT2D eigenvalue weighted by Crippen LogP contribution is -2.17. The van der Waals surface area contributed by atoms with Crippen molar-refractivity contribution in [1.29, 1.82) is 0 Å². The van der Waals surface area contributed by atoms with Gasteiger partial charge in [0.1, 0.15) is 24.7 Å². The maximum absolute atomic E-state index is 14.5. The van der Waals surface area contributed by atoms with Gasteiger partial charge in [0.15, 0.2) is 23.1 Å². The molecule has 2 N–H and O–H groups in total. The molecule has 0 saturated carbocycles. The van der Waals surface area contributed by atoms with Crippen LogP contribution in [0, 0.1) is 5.82 Å². The Balaban J connectivity index is 2.26. The Kier molecular flexibility index (Phi) is 2.89. The van der Waals surface area contributed by atoms with Crippen LogP contribution < -0.4 is 19.9 Å². The first-order valence-electron chi connectivity index (χ1n) is 6.07. The van der Waals surface area contributed by atoms with Crippen molar-refractivity contribution in [1.82, 2.24) is 9.78 Å². The lowest BCUT2D eigenvalue weighted by Gasteiger charge is -2.22. The lowest BCUT2D eigenvalue weighted by atomic mass is 10.1. The first-order valence-corrected chi connectivity index (χ1v) is 6.07. The standard InChI is InChI=1S/C13H14FN3O3/c1-17-10(15)5-7(16-17)11-12(14)8(18-2)6-9-13(11)20-4-3-19-9/h5-6H,3-4,15H2,1-2H3. The van der Waals surface area contributed by atoms with Crippen LogP contribution >= 0.6 is 0 Å². The predicted octanol–water partition coefficient (Wildman–Crippen LogP) is 1.59. The number of aryl methyl sites for hydroxylation is 1. The number of nitrogen functional groups attached to an aromatic ring is 1.